The molecule has 0 atom stereocenters. The van der Waals surface area contributed by atoms with Gasteiger partial charge in [-0.3, -0.25) is 9.59 Å². The Bertz CT molecular complexity index is 701. The molecule has 1 rings (SSSR count). The van der Waals surface area contributed by atoms with Crippen LogP contribution >= 0.6 is 23.5 Å². The molecule has 0 spiro atoms. The summed E-state index contributed by atoms with van der Waals surface area (Å²) in [6, 6.07) is 5.67. The highest BCUT2D eigenvalue weighted by Gasteiger charge is 2.15. The first-order valence-electron chi connectivity index (χ1n) is 9.67. The van der Waals surface area contributed by atoms with Gasteiger partial charge in [0, 0.05) is 24.3 Å². The summed E-state index contributed by atoms with van der Waals surface area (Å²) in [4.78, 5) is 35.0. The number of benzene rings is 1. The van der Waals surface area contributed by atoms with E-state index in [1.54, 1.807) is 20.8 Å². The van der Waals surface area contributed by atoms with Crippen molar-refractivity contribution in [2.24, 2.45) is 0 Å². The largest absolute Gasteiger partial charge is 0.492 e. The van der Waals surface area contributed by atoms with E-state index < -0.39 is 11.7 Å². The fourth-order valence-corrected chi connectivity index (χ4v) is 3.72. The summed E-state index contributed by atoms with van der Waals surface area (Å²) < 4.78 is 10.9. The molecule has 8 heteroatoms. The van der Waals surface area contributed by atoms with Crippen LogP contribution in [0.3, 0.4) is 0 Å². The van der Waals surface area contributed by atoms with Gasteiger partial charge in [0.1, 0.15) is 18.0 Å². The van der Waals surface area contributed by atoms with Crippen molar-refractivity contribution in [1.29, 1.82) is 0 Å². The smallest absolute Gasteiger partial charge is 0.407 e. The number of carbonyl (C=O) groups is 3. The minimum atomic E-state index is -0.541. The summed E-state index contributed by atoms with van der Waals surface area (Å²) in [5.74, 6) is 1.77. The summed E-state index contributed by atoms with van der Waals surface area (Å²) in [5.41, 5.74) is 1.46. The standard InChI is InChI=1S/C21H31NO5S2/c1-6-18(23)28-13-15-8-9-17(12-16(15)14-29-19(24)7-2)26-11-10-22-20(25)27-21(3,4)5/h8-9,12H,6-7,10-11,13-14H2,1-5H3,(H,22,25). The Labute approximate surface area is 181 Å². The zero-order valence-corrected chi connectivity index (χ0v) is 19.5. The van der Waals surface area contributed by atoms with Gasteiger partial charge in [-0.15, -0.1) is 0 Å². The minimum Gasteiger partial charge on any atom is -0.492 e. The lowest BCUT2D eigenvalue weighted by Gasteiger charge is -2.19. The maximum atomic E-state index is 11.7. The van der Waals surface area contributed by atoms with Crippen LogP contribution in [0.1, 0.15) is 58.6 Å². The first-order valence-corrected chi connectivity index (χ1v) is 11.6. The topological polar surface area (TPSA) is 81.7 Å². The second-order valence-electron chi connectivity index (χ2n) is 7.24. The lowest BCUT2D eigenvalue weighted by atomic mass is 10.1. The molecular formula is C21H31NO5S2. The molecule has 1 amide bonds. The predicted octanol–water partition coefficient (Wildman–Crippen LogP) is 4.93. The molecule has 1 aromatic carbocycles. The van der Waals surface area contributed by atoms with Crippen LogP contribution < -0.4 is 10.1 Å². The summed E-state index contributed by atoms with van der Waals surface area (Å²) in [7, 11) is 0. The van der Waals surface area contributed by atoms with Gasteiger partial charge in [-0.1, -0.05) is 43.4 Å². The number of nitrogens with one attached hydrogen (secondary N) is 1. The lowest BCUT2D eigenvalue weighted by molar-refractivity contribution is -0.111. The van der Waals surface area contributed by atoms with E-state index in [0.29, 0.717) is 43.2 Å². The second-order valence-corrected chi connectivity index (χ2v) is 9.30. The Kier molecular flexibility index (Phi) is 11.2. The van der Waals surface area contributed by atoms with E-state index in [9.17, 15) is 14.4 Å². The zero-order valence-electron chi connectivity index (χ0n) is 17.8. The van der Waals surface area contributed by atoms with E-state index >= 15 is 0 Å². The van der Waals surface area contributed by atoms with Gasteiger partial charge in [-0.25, -0.2) is 4.79 Å². The fraction of sp³-hybridized carbons (Fsp3) is 0.571. The van der Waals surface area contributed by atoms with Gasteiger partial charge < -0.3 is 14.8 Å². The summed E-state index contributed by atoms with van der Waals surface area (Å²) in [6.45, 7) is 9.70. The van der Waals surface area contributed by atoms with Crippen molar-refractivity contribution < 1.29 is 23.9 Å². The molecule has 0 unspecified atom stereocenters. The zero-order chi connectivity index (χ0) is 21.9. The molecule has 0 aliphatic carbocycles. The van der Waals surface area contributed by atoms with Crippen LogP contribution in [0.15, 0.2) is 18.2 Å². The molecule has 6 nitrogen and oxygen atoms in total. The third-order valence-electron chi connectivity index (χ3n) is 3.57. The number of hydrogen-bond acceptors (Lipinski definition) is 7. The first-order chi connectivity index (χ1) is 13.6. The Morgan fingerprint density at radius 2 is 1.55 bits per heavy atom. The Hall–Kier alpha value is -1.67. The molecule has 0 saturated heterocycles. The number of amides is 1. The van der Waals surface area contributed by atoms with Gasteiger partial charge >= 0.3 is 6.09 Å². The minimum absolute atomic E-state index is 0.126. The van der Waals surface area contributed by atoms with Crippen molar-refractivity contribution in [3.05, 3.63) is 29.3 Å². The lowest BCUT2D eigenvalue weighted by Crippen LogP contribution is -2.34. The summed E-state index contributed by atoms with van der Waals surface area (Å²) in [5, 5.41) is 2.91. The molecule has 0 aromatic heterocycles. The van der Waals surface area contributed by atoms with Crippen LogP contribution in [0.4, 0.5) is 4.79 Å². The quantitative estimate of drug-likeness (QED) is 0.516. The molecule has 0 radical (unpaired) electrons. The van der Waals surface area contributed by atoms with Crippen LogP contribution in [0.25, 0.3) is 0 Å². The van der Waals surface area contributed by atoms with Gasteiger partial charge in [0.25, 0.3) is 0 Å². The first kappa shape index (κ1) is 25.4. The highest BCUT2D eigenvalue weighted by molar-refractivity contribution is 8.13. The maximum Gasteiger partial charge on any atom is 0.407 e. The molecule has 29 heavy (non-hydrogen) atoms. The monoisotopic (exact) mass is 441 g/mol. The van der Waals surface area contributed by atoms with Crippen LogP contribution in [-0.4, -0.2) is 35.1 Å². The number of hydrogen-bond donors (Lipinski definition) is 1. The van der Waals surface area contributed by atoms with Crippen LogP contribution in [0.5, 0.6) is 5.75 Å². The number of rotatable bonds is 10. The molecule has 0 heterocycles. The van der Waals surface area contributed by atoms with Crippen LogP contribution in [0.2, 0.25) is 0 Å². The van der Waals surface area contributed by atoms with Gasteiger partial charge in [0.05, 0.1) is 6.54 Å². The molecule has 1 N–H and O–H groups in total. The average molecular weight is 442 g/mol. The Morgan fingerprint density at radius 1 is 0.966 bits per heavy atom. The van der Waals surface area contributed by atoms with Crippen LogP contribution in [-0.2, 0) is 25.8 Å². The third-order valence-corrected chi connectivity index (χ3v) is 5.70. The van der Waals surface area contributed by atoms with Gasteiger partial charge in [0.15, 0.2) is 10.2 Å². The maximum absolute atomic E-state index is 11.7. The molecule has 0 fully saturated rings. The number of thioether (sulfide) groups is 2. The van der Waals surface area contributed by atoms with E-state index in [1.165, 1.54) is 23.5 Å². The van der Waals surface area contributed by atoms with Crippen molar-refractivity contribution in [3.63, 3.8) is 0 Å². The van der Waals surface area contributed by atoms with E-state index in [-0.39, 0.29) is 10.2 Å². The van der Waals surface area contributed by atoms with E-state index in [2.05, 4.69) is 5.32 Å². The van der Waals surface area contributed by atoms with Crippen molar-refractivity contribution in [2.45, 2.75) is 64.6 Å². The van der Waals surface area contributed by atoms with Crippen molar-refractivity contribution in [2.75, 3.05) is 13.2 Å². The van der Waals surface area contributed by atoms with E-state index in [0.717, 1.165) is 11.1 Å². The number of alkyl carbamates (subject to hydrolysis) is 1. The number of ether oxygens (including phenoxy) is 2. The molecule has 1 aromatic rings. The highest BCUT2D eigenvalue weighted by atomic mass is 32.2. The Balaban J connectivity index is 2.66. The molecule has 0 aliphatic rings. The molecule has 162 valence electrons. The highest BCUT2D eigenvalue weighted by Crippen LogP contribution is 2.27. The van der Waals surface area contributed by atoms with Crippen LogP contribution in [0, 0.1) is 0 Å². The fourth-order valence-electron chi connectivity index (χ4n) is 2.12. The molecule has 0 saturated carbocycles. The Morgan fingerprint density at radius 3 is 2.10 bits per heavy atom. The molecule has 0 aliphatic heterocycles. The third kappa shape index (κ3) is 11.2. The normalized spacial score (nSPS) is 11.1. The van der Waals surface area contributed by atoms with Crippen molar-refractivity contribution in [3.8, 4) is 5.75 Å². The average Bonchev–Trinajstić information content (AvgIpc) is 2.66. The van der Waals surface area contributed by atoms with Crippen molar-refractivity contribution >= 4 is 39.8 Å². The summed E-state index contributed by atoms with van der Waals surface area (Å²) >= 11 is 2.55. The SMILES string of the molecule is CCC(=O)SCc1ccc(OCCNC(=O)OC(C)(C)C)cc1CSC(=O)CC. The molecular weight excluding hydrogens is 410 g/mol. The second kappa shape index (κ2) is 12.8. The molecule has 0 bridgehead atoms. The van der Waals surface area contributed by atoms with E-state index in [4.69, 9.17) is 9.47 Å². The van der Waals surface area contributed by atoms with E-state index in [1.807, 2.05) is 32.0 Å². The van der Waals surface area contributed by atoms with Gasteiger partial charge in [0.2, 0.25) is 0 Å². The number of carbonyl (C=O) groups excluding carboxylic acids is 3. The summed E-state index contributed by atoms with van der Waals surface area (Å²) in [6.07, 6.45) is 0.495. The van der Waals surface area contributed by atoms with Gasteiger partial charge in [-0.2, -0.15) is 0 Å². The predicted molar refractivity (Wildman–Crippen MR) is 119 cm³/mol. The van der Waals surface area contributed by atoms with Crippen molar-refractivity contribution in [1.82, 2.24) is 5.32 Å². The van der Waals surface area contributed by atoms with Gasteiger partial charge in [-0.05, 0) is 44.0 Å².